The Morgan fingerprint density at radius 2 is 1.44 bits per heavy atom. The number of esters is 1. The van der Waals surface area contributed by atoms with E-state index in [1.165, 1.54) is 12.0 Å². The first-order valence-electron chi connectivity index (χ1n) is 11.6. The molecule has 5 rings (SSSR count). The van der Waals surface area contributed by atoms with E-state index in [2.05, 4.69) is 0 Å². The van der Waals surface area contributed by atoms with Gasteiger partial charge in [-0.25, -0.2) is 9.78 Å². The van der Waals surface area contributed by atoms with Crippen molar-refractivity contribution in [3.63, 3.8) is 0 Å². The van der Waals surface area contributed by atoms with Gasteiger partial charge in [0.05, 0.1) is 34.7 Å². The molecule has 2 heterocycles. The normalized spacial score (nSPS) is 12.8. The number of carbonyl (C=O) groups excluding carboxylic acids is 3. The van der Waals surface area contributed by atoms with Gasteiger partial charge in [0.2, 0.25) is 0 Å². The van der Waals surface area contributed by atoms with Crippen molar-refractivity contribution in [3.05, 3.63) is 111 Å². The molecule has 0 saturated carbocycles. The monoisotopic (exact) mass is 481 g/mol. The maximum absolute atomic E-state index is 13.4. The second-order valence-electron chi connectivity index (χ2n) is 8.50. The topological polar surface area (TPSA) is 98.6 Å². The van der Waals surface area contributed by atoms with Crippen LogP contribution < -0.4 is 5.56 Å². The van der Waals surface area contributed by atoms with E-state index in [1.54, 1.807) is 59.2 Å². The van der Waals surface area contributed by atoms with E-state index in [0.717, 1.165) is 5.56 Å². The third-order valence-corrected chi connectivity index (χ3v) is 6.38. The van der Waals surface area contributed by atoms with Gasteiger partial charge in [-0.2, -0.15) is 0 Å². The summed E-state index contributed by atoms with van der Waals surface area (Å²) in [4.78, 5) is 56.5. The Hall–Kier alpha value is -4.59. The molecule has 0 N–H and O–H groups in total. The third kappa shape index (κ3) is 4.17. The average molecular weight is 482 g/mol. The minimum atomic E-state index is -0.410. The molecule has 1 aliphatic heterocycles. The number of amides is 2. The highest BCUT2D eigenvalue weighted by Gasteiger charge is 2.34. The van der Waals surface area contributed by atoms with Crippen LogP contribution >= 0.6 is 0 Å². The van der Waals surface area contributed by atoms with Gasteiger partial charge >= 0.3 is 5.97 Å². The average Bonchev–Trinajstić information content (AvgIpc) is 3.16. The number of aromatic nitrogens is 2. The Morgan fingerprint density at radius 1 is 0.806 bits per heavy atom. The van der Waals surface area contributed by atoms with E-state index < -0.39 is 5.97 Å². The van der Waals surface area contributed by atoms with E-state index in [4.69, 9.17) is 9.72 Å². The summed E-state index contributed by atoms with van der Waals surface area (Å²) in [5.74, 6) is -0.583. The number of ether oxygens (including phenoxy) is 1. The number of rotatable bonds is 7. The molecule has 0 radical (unpaired) electrons. The molecule has 4 aromatic rings. The van der Waals surface area contributed by atoms with Crippen LogP contribution in [-0.2, 0) is 24.1 Å². The molecule has 0 aliphatic carbocycles. The van der Waals surface area contributed by atoms with Crippen LogP contribution in [-0.4, -0.2) is 45.9 Å². The fourth-order valence-corrected chi connectivity index (χ4v) is 4.46. The predicted octanol–water partition coefficient (Wildman–Crippen LogP) is 3.26. The lowest BCUT2D eigenvalue weighted by molar-refractivity contribution is 0.0598. The Kier molecular flexibility index (Phi) is 6.16. The molecule has 0 saturated heterocycles. The fourth-order valence-electron chi connectivity index (χ4n) is 4.46. The van der Waals surface area contributed by atoms with Gasteiger partial charge in [0.25, 0.3) is 17.4 Å². The molecule has 0 bridgehead atoms. The third-order valence-electron chi connectivity index (χ3n) is 6.38. The SMILES string of the molecule is COC(=O)c1ccc(CCn2c(CCN3C(=O)c4ccccc4C3=O)nc3ccccc3c2=O)cc1. The molecular weight excluding hydrogens is 458 g/mol. The molecule has 1 aromatic heterocycles. The Morgan fingerprint density at radius 3 is 2.11 bits per heavy atom. The van der Waals surface area contributed by atoms with Crippen LogP contribution in [0.4, 0.5) is 0 Å². The largest absolute Gasteiger partial charge is 0.465 e. The molecule has 8 heteroatoms. The summed E-state index contributed by atoms with van der Waals surface area (Å²) in [5, 5.41) is 0.503. The van der Waals surface area contributed by atoms with Crippen LogP contribution in [0, 0.1) is 0 Å². The van der Waals surface area contributed by atoms with Crippen LogP contribution in [0.1, 0.15) is 42.5 Å². The first kappa shape index (κ1) is 23.2. The number of aryl methyl sites for hydroxylation is 1. The van der Waals surface area contributed by atoms with Crippen LogP contribution in [0.15, 0.2) is 77.6 Å². The lowest BCUT2D eigenvalue weighted by Crippen LogP contribution is -2.34. The van der Waals surface area contributed by atoms with E-state index in [-0.39, 0.29) is 30.3 Å². The van der Waals surface area contributed by atoms with E-state index in [0.29, 0.717) is 46.4 Å². The standard InChI is InChI=1S/C28H23N3O5/c1-36-28(35)19-12-10-18(11-13-19)14-16-30-24(29-23-9-5-4-8-22(23)27(30)34)15-17-31-25(32)20-6-2-3-7-21(20)26(31)33/h2-13H,14-17H2,1H3. The summed E-state index contributed by atoms with van der Waals surface area (Å²) in [5.41, 5.74) is 2.56. The summed E-state index contributed by atoms with van der Waals surface area (Å²) in [6.45, 7) is 0.469. The van der Waals surface area contributed by atoms with Gasteiger partial charge < -0.3 is 4.74 Å². The van der Waals surface area contributed by atoms with E-state index in [1.807, 2.05) is 18.2 Å². The highest BCUT2D eigenvalue weighted by molar-refractivity contribution is 6.21. The summed E-state index contributed by atoms with van der Waals surface area (Å²) < 4.78 is 6.34. The maximum Gasteiger partial charge on any atom is 0.337 e. The molecular formula is C28H23N3O5. The van der Waals surface area contributed by atoms with Crippen molar-refractivity contribution in [3.8, 4) is 0 Å². The first-order chi connectivity index (χ1) is 17.5. The second-order valence-corrected chi connectivity index (χ2v) is 8.50. The molecule has 0 fully saturated rings. The number of nitrogens with zero attached hydrogens (tertiary/aromatic N) is 3. The summed E-state index contributed by atoms with van der Waals surface area (Å²) in [6, 6.07) is 20.9. The molecule has 180 valence electrons. The van der Waals surface area contributed by atoms with E-state index in [9.17, 15) is 19.2 Å². The van der Waals surface area contributed by atoms with Crippen LogP contribution in [0.25, 0.3) is 10.9 Å². The van der Waals surface area contributed by atoms with Crippen LogP contribution in [0.5, 0.6) is 0 Å². The number of methoxy groups -OCH3 is 1. The van der Waals surface area contributed by atoms with Gasteiger partial charge in [-0.1, -0.05) is 36.4 Å². The Bertz CT molecular complexity index is 1520. The van der Waals surface area contributed by atoms with Gasteiger partial charge in [-0.05, 0) is 48.4 Å². The number of imide groups is 1. The summed E-state index contributed by atoms with van der Waals surface area (Å²) in [7, 11) is 1.33. The van der Waals surface area contributed by atoms with Crippen LogP contribution in [0.3, 0.4) is 0 Å². The summed E-state index contributed by atoms with van der Waals surface area (Å²) >= 11 is 0. The quantitative estimate of drug-likeness (QED) is 0.297. The summed E-state index contributed by atoms with van der Waals surface area (Å²) in [6.07, 6.45) is 0.772. The van der Waals surface area contributed by atoms with Gasteiger partial charge in [0.1, 0.15) is 5.82 Å². The van der Waals surface area contributed by atoms with Crippen molar-refractivity contribution < 1.29 is 19.1 Å². The number of hydrogen-bond donors (Lipinski definition) is 0. The maximum atomic E-state index is 13.4. The van der Waals surface area contributed by atoms with Crippen molar-refractivity contribution in [2.24, 2.45) is 0 Å². The smallest absolute Gasteiger partial charge is 0.337 e. The minimum Gasteiger partial charge on any atom is -0.465 e. The van der Waals surface area contributed by atoms with Crippen molar-refractivity contribution in [2.75, 3.05) is 13.7 Å². The van der Waals surface area contributed by atoms with Crippen molar-refractivity contribution >= 4 is 28.7 Å². The first-order valence-corrected chi connectivity index (χ1v) is 11.6. The van der Waals surface area contributed by atoms with Gasteiger partial charge in [-0.3, -0.25) is 23.9 Å². The number of fused-ring (bicyclic) bond motifs is 2. The fraction of sp³-hybridized carbons (Fsp3) is 0.179. The predicted molar refractivity (Wildman–Crippen MR) is 133 cm³/mol. The number of hydrogen-bond acceptors (Lipinski definition) is 6. The highest BCUT2D eigenvalue weighted by atomic mass is 16.5. The molecule has 0 spiro atoms. The van der Waals surface area contributed by atoms with Gasteiger partial charge in [-0.15, -0.1) is 0 Å². The van der Waals surface area contributed by atoms with Crippen LogP contribution in [0.2, 0.25) is 0 Å². The molecule has 1 aliphatic rings. The molecule has 2 amide bonds. The number of carbonyl (C=O) groups is 3. The second kappa shape index (κ2) is 9.58. The zero-order valence-corrected chi connectivity index (χ0v) is 19.6. The molecule has 36 heavy (non-hydrogen) atoms. The molecule has 0 unspecified atom stereocenters. The molecule has 3 aromatic carbocycles. The highest BCUT2D eigenvalue weighted by Crippen LogP contribution is 2.22. The number of para-hydroxylation sites is 1. The van der Waals surface area contributed by atoms with Gasteiger partial charge in [0, 0.05) is 19.5 Å². The lowest BCUT2D eigenvalue weighted by Gasteiger charge is -2.17. The van der Waals surface area contributed by atoms with Gasteiger partial charge in [0.15, 0.2) is 0 Å². The van der Waals surface area contributed by atoms with Crippen molar-refractivity contribution in [1.82, 2.24) is 14.5 Å². The van der Waals surface area contributed by atoms with E-state index >= 15 is 0 Å². The van der Waals surface area contributed by atoms with Crippen molar-refractivity contribution in [1.29, 1.82) is 0 Å². The zero-order chi connectivity index (χ0) is 25.2. The Labute approximate surface area is 206 Å². The molecule has 0 atom stereocenters. The lowest BCUT2D eigenvalue weighted by atomic mass is 10.1. The minimum absolute atomic E-state index is 0.116. The Balaban J connectivity index is 1.41. The zero-order valence-electron chi connectivity index (χ0n) is 19.6. The number of benzene rings is 3. The molecule has 8 nitrogen and oxygen atoms in total. The van der Waals surface area contributed by atoms with Crippen molar-refractivity contribution in [2.45, 2.75) is 19.4 Å².